The molecule has 2 N–H and O–H groups in total. The fourth-order valence-electron chi connectivity index (χ4n) is 4.17. The number of ether oxygens (including phenoxy) is 2. The van der Waals surface area contributed by atoms with Crippen LogP contribution in [-0.4, -0.2) is 25.2 Å². The summed E-state index contributed by atoms with van der Waals surface area (Å²) >= 11 is 0. The molecule has 164 valence electrons. The molecule has 1 aliphatic heterocycles. The van der Waals surface area contributed by atoms with Crippen LogP contribution in [0.4, 0.5) is 4.79 Å². The first-order valence-electron chi connectivity index (χ1n) is 10.6. The van der Waals surface area contributed by atoms with Crippen molar-refractivity contribution in [2.75, 3.05) is 14.2 Å². The first-order valence-corrected chi connectivity index (χ1v) is 10.6. The normalized spacial score (nSPS) is 15.7. The fourth-order valence-corrected chi connectivity index (χ4v) is 4.17. The van der Waals surface area contributed by atoms with Gasteiger partial charge in [0.1, 0.15) is 0 Å². The van der Waals surface area contributed by atoms with Crippen molar-refractivity contribution in [3.8, 4) is 11.5 Å². The number of para-hydroxylation sites is 1. The zero-order chi connectivity index (χ0) is 22.8. The van der Waals surface area contributed by atoms with Crippen molar-refractivity contribution in [1.82, 2.24) is 15.6 Å². The maximum Gasteiger partial charge on any atom is 0.320 e. The number of hydrogen-bond acceptors (Lipinski definition) is 4. The summed E-state index contributed by atoms with van der Waals surface area (Å²) in [7, 11) is 3.20. The monoisotopic (exact) mass is 437 g/mol. The van der Waals surface area contributed by atoms with E-state index in [9.17, 15) is 4.79 Å². The minimum Gasteiger partial charge on any atom is -0.493 e. The van der Waals surface area contributed by atoms with E-state index in [2.05, 4.69) is 16.7 Å². The number of nitrogens with one attached hydrogen (secondary N) is 2. The van der Waals surface area contributed by atoms with Crippen molar-refractivity contribution in [1.29, 1.82) is 0 Å². The van der Waals surface area contributed by atoms with Gasteiger partial charge < -0.3 is 20.1 Å². The second kappa shape index (κ2) is 8.67. The number of methoxy groups -OCH3 is 2. The minimum absolute atomic E-state index is 0.279. The number of urea groups is 1. The molecule has 1 aromatic heterocycles. The second-order valence-corrected chi connectivity index (χ2v) is 7.69. The number of nitrogens with zero attached hydrogens (tertiary/aromatic N) is 1. The van der Waals surface area contributed by atoms with Crippen LogP contribution in [0.25, 0.3) is 22.2 Å². The minimum atomic E-state index is -0.442. The highest BCUT2D eigenvalue weighted by atomic mass is 16.5. The van der Waals surface area contributed by atoms with Crippen molar-refractivity contribution in [2.45, 2.75) is 6.04 Å². The molecular weight excluding hydrogens is 414 g/mol. The summed E-state index contributed by atoms with van der Waals surface area (Å²) in [6.07, 6.45) is 0. The number of carbonyl (C=O) groups excluding carboxylic acids is 1. The second-order valence-electron chi connectivity index (χ2n) is 7.69. The fraction of sp³-hybridized carbons (Fsp3) is 0.111. The Morgan fingerprint density at radius 1 is 0.818 bits per heavy atom. The molecule has 33 heavy (non-hydrogen) atoms. The van der Waals surface area contributed by atoms with Crippen molar-refractivity contribution in [3.05, 3.63) is 102 Å². The van der Waals surface area contributed by atoms with Gasteiger partial charge in [-0.2, -0.15) is 0 Å². The lowest BCUT2D eigenvalue weighted by Gasteiger charge is -2.31. The summed E-state index contributed by atoms with van der Waals surface area (Å²) in [5.41, 5.74) is 5.03. The largest absolute Gasteiger partial charge is 0.493 e. The van der Waals surface area contributed by atoms with Crippen LogP contribution < -0.4 is 20.1 Å². The zero-order valence-corrected chi connectivity index (χ0v) is 18.3. The molecule has 6 nitrogen and oxygen atoms in total. The van der Waals surface area contributed by atoms with Crippen LogP contribution >= 0.6 is 0 Å². The Hall–Kier alpha value is -4.32. The highest BCUT2D eigenvalue weighted by Gasteiger charge is 2.31. The van der Waals surface area contributed by atoms with Gasteiger partial charge in [-0.25, -0.2) is 9.78 Å². The molecule has 0 spiro atoms. The average molecular weight is 437 g/mol. The van der Waals surface area contributed by atoms with Gasteiger partial charge in [0.2, 0.25) is 0 Å². The molecule has 3 aromatic carbocycles. The van der Waals surface area contributed by atoms with Crippen molar-refractivity contribution < 1.29 is 14.3 Å². The van der Waals surface area contributed by atoms with Crippen LogP contribution in [0.15, 0.2) is 84.9 Å². The van der Waals surface area contributed by atoms with Crippen LogP contribution in [-0.2, 0) is 0 Å². The van der Waals surface area contributed by atoms with Crippen LogP contribution in [0.3, 0.4) is 0 Å². The van der Waals surface area contributed by atoms with E-state index in [0.29, 0.717) is 11.5 Å². The lowest BCUT2D eigenvalue weighted by Crippen LogP contribution is -2.43. The van der Waals surface area contributed by atoms with Crippen LogP contribution in [0.5, 0.6) is 11.5 Å². The van der Waals surface area contributed by atoms with Crippen molar-refractivity contribution >= 4 is 28.2 Å². The Morgan fingerprint density at radius 3 is 2.36 bits per heavy atom. The van der Waals surface area contributed by atoms with E-state index in [1.54, 1.807) is 14.2 Å². The van der Waals surface area contributed by atoms with Gasteiger partial charge in [0.15, 0.2) is 11.5 Å². The standard InChI is InChI=1S/C27H23N3O3/c1-32-22-15-13-19(16-23(22)33-2)26-24(21-14-12-17-8-6-7-11-20(17)28-21)25(29-27(31)30-26)18-9-4-3-5-10-18/h3-16,26H,1-2H3,(H2,29,30,31)/t26-/m1/s1. The Labute approximate surface area is 191 Å². The Bertz CT molecular complexity index is 1370. The zero-order valence-electron chi connectivity index (χ0n) is 18.3. The third kappa shape index (κ3) is 3.87. The maximum absolute atomic E-state index is 12.8. The molecule has 6 heteroatoms. The summed E-state index contributed by atoms with van der Waals surface area (Å²) in [6.45, 7) is 0. The molecule has 1 atom stereocenters. The Morgan fingerprint density at radius 2 is 1.58 bits per heavy atom. The van der Waals surface area contributed by atoms with Gasteiger partial charge in [0.25, 0.3) is 0 Å². The van der Waals surface area contributed by atoms with Gasteiger partial charge in [-0.05, 0) is 35.4 Å². The quantitative estimate of drug-likeness (QED) is 0.452. The molecule has 2 heterocycles. The number of benzene rings is 3. The third-order valence-corrected chi connectivity index (χ3v) is 5.75. The van der Waals surface area contributed by atoms with E-state index in [1.165, 1.54) is 0 Å². The number of aromatic nitrogens is 1. The average Bonchev–Trinajstić information content (AvgIpc) is 2.88. The van der Waals surface area contributed by atoms with Gasteiger partial charge in [-0.1, -0.05) is 60.7 Å². The lowest BCUT2D eigenvalue weighted by molar-refractivity contribution is 0.242. The lowest BCUT2D eigenvalue weighted by atomic mass is 9.90. The van der Waals surface area contributed by atoms with Gasteiger partial charge in [-0.3, -0.25) is 0 Å². The molecule has 0 radical (unpaired) electrons. The molecule has 0 bridgehead atoms. The maximum atomic E-state index is 12.8. The smallest absolute Gasteiger partial charge is 0.320 e. The van der Waals surface area contributed by atoms with Crippen LogP contribution in [0.1, 0.15) is 22.9 Å². The predicted molar refractivity (Wildman–Crippen MR) is 129 cm³/mol. The van der Waals surface area contributed by atoms with E-state index in [4.69, 9.17) is 14.5 Å². The van der Waals surface area contributed by atoms with Gasteiger partial charge in [0, 0.05) is 11.0 Å². The summed E-state index contributed by atoms with van der Waals surface area (Å²) in [5, 5.41) is 7.14. The molecule has 0 aliphatic carbocycles. The number of rotatable bonds is 5. The third-order valence-electron chi connectivity index (χ3n) is 5.75. The molecule has 5 rings (SSSR count). The Kier molecular flexibility index (Phi) is 5.40. The first-order chi connectivity index (χ1) is 16.2. The van der Waals surface area contributed by atoms with Gasteiger partial charge >= 0.3 is 6.03 Å². The number of fused-ring (bicyclic) bond motifs is 1. The SMILES string of the molecule is COc1ccc([C@H]2NC(=O)NC(c3ccccc3)=C2c2ccc3ccccc3n2)cc1OC. The van der Waals surface area contributed by atoms with E-state index < -0.39 is 6.04 Å². The number of amides is 2. The van der Waals surface area contributed by atoms with E-state index in [1.807, 2.05) is 78.9 Å². The van der Waals surface area contributed by atoms with E-state index in [0.717, 1.165) is 39.0 Å². The molecule has 1 aliphatic rings. The summed E-state index contributed by atoms with van der Waals surface area (Å²) in [6, 6.07) is 26.8. The molecular formula is C27H23N3O3. The summed E-state index contributed by atoms with van der Waals surface area (Å²) < 4.78 is 10.9. The molecule has 0 saturated heterocycles. The molecule has 4 aromatic rings. The van der Waals surface area contributed by atoms with Gasteiger partial charge in [0.05, 0.1) is 37.2 Å². The van der Waals surface area contributed by atoms with E-state index in [-0.39, 0.29) is 6.03 Å². The highest BCUT2D eigenvalue weighted by Crippen LogP contribution is 2.40. The summed E-state index contributed by atoms with van der Waals surface area (Å²) in [5.74, 6) is 1.22. The molecule has 0 unspecified atom stereocenters. The number of hydrogen-bond donors (Lipinski definition) is 2. The van der Waals surface area contributed by atoms with Gasteiger partial charge in [-0.15, -0.1) is 0 Å². The van der Waals surface area contributed by atoms with E-state index >= 15 is 0 Å². The first kappa shape index (κ1) is 20.6. The Balaban J connectivity index is 1.75. The predicted octanol–water partition coefficient (Wildman–Crippen LogP) is 5.17. The molecule has 2 amide bonds. The van der Waals surface area contributed by atoms with Crippen molar-refractivity contribution in [3.63, 3.8) is 0 Å². The molecule has 0 fully saturated rings. The van der Waals surface area contributed by atoms with Crippen LogP contribution in [0, 0.1) is 0 Å². The molecule has 0 saturated carbocycles. The van der Waals surface area contributed by atoms with Crippen LogP contribution in [0.2, 0.25) is 0 Å². The highest BCUT2D eigenvalue weighted by molar-refractivity contribution is 6.03. The number of carbonyl (C=O) groups is 1. The van der Waals surface area contributed by atoms with Crippen molar-refractivity contribution in [2.24, 2.45) is 0 Å². The number of pyridine rings is 1. The summed E-state index contributed by atoms with van der Waals surface area (Å²) in [4.78, 5) is 17.7. The topological polar surface area (TPSA) is 72.5 Å².